The van der Waals surface area contributed by atoms with E-state index in [1.54, 1.807) is 11.3 Å². The number of thiophene rings is 1. The Morgan fingerprint density at radius 2 is 1.79 bits per heavy atom. The maximum atomic E-state index is 5.58. The summed E-state index contributed by atoms with van der Waals surface area (Å²) in [5.74, 6) is 0. The molecule has 0 spiro atoms. The molecular formula is C12H13NS. The zero-order valence-corrected chi connectivity index (χ0v) is 8.97. The van der Waals surface area contributed by atoms with E-state index < -0.39 is 0 Å². The molecule has 0 saturated carbocycles. The minimum Gasteiger partial charge on any atom is -0.326 e. The zero-order valence-electron chi connectivity index (χ0n) is 8.16. The van der Waals surface area contributed by atoms with Crippen LogP contribution in [0.15, 0.2) is 36.4 Å². The minimum absolute atomic E-state index is 0.635. The zero-order chi connectivity index (χ0) is 9.97. The number of aryl methyl sites for hydroxylation is 1. The second kappa shape index (κ2) is 3.95. The molecule has 1 aromatic carbocycles. The molecule has 2 aromatic rings. The fourth-order valence-electron chi connectivity index (χ4n) is 1.36. The summed E-state index contributed by atoms with van der Waals surface area (Å²) in [6, 6.07) is 12.8. The van der Waals surface area contributed by atoms with Gasteiger partial charge in [-0.2, -0.15) is 0 Å². The molecule has 0 saturated heterocycles. The van der Waals surface area contributed by atoms with Gasteiger partial charge in [0.05, 0.1) is 0 Å². The number of hydrogen-bond acceptors (Lipinski definition) is 2. The van der Waals surface area contributed by atoms with Crippen LogP contribution in [0.1, 0.15) is 10.4 Å². The average molecular weight is 203 g/mol. The number of nitrogens with two attached hydrogens (primary N) is 1. The minimum atomic E-state index is 0.635. The maximum absolute atomic E-state index is 5.58. The lowest BCUT2D eigenvalue weighted by Gasteiger charge is -1.97. The molecule has 1 nitrogen and oxygen atoms in total. The van der Waals surface area contributed by atoms with Crippen molar-refractivity contribution in [2.75, 3.05) is 0 Å². The molecule has 72 valence electrons. The Morgan fingerprint density at radius 1 is 1.07 bits per heavy atom. The lowest BCUT2D eigenvalue weighted by molar-refractivity contribution is 1.11. The highest BCUT2D eigenvalue weighted by Crippen LogP contribution is 2.27. The molecule has 0 aliphatic carbocycles. The van der Waals surface area contributed by atoms with Crippen molar-refractivity contribution in [2.24, 2.45) is 5.73 Å². The summed E-state index contributed by atoms with van der Waals surface area (Å²) in [7, 11) is 0. The van der Waals surface area contributed by atoms with Crippen molar-refractivity contribution < 1.29 is 0 Å². The topological polar surface area (TPSA) is 26.0 Å². The third kappa shape index (κ3) is 1.86. The average Bonchev–Trinajstić information content (AvgIpc) is 2.67. The van der Waals surface area contributed by atoms with Crippen molar-refractivity contribution in [2.45, 2.75) is 13.5 Å². The van der Waals surface area contributed by atoms with Gasteiger partial charge >= 0.3 is 0 Å². The molecule has 0 atom stereocenters. The van der Waals surface area contributed by atoms with Gasteiger partial charge in [-0.25, -0.2) is 0 Å². The van der Waals surface area contributed by atoms with Gasteiger partial charge in [-0.15, -0.1) is 11.3 Å². The van der Waals surface area contributed by atoms with Crippen LogP contribution in [0.5, 0.6) is 0 Å². The van der Waals surface area contributed by atoms with Crippen molar-refractivity contribution in [1.82, 2.24) is 0 Å². The van der Waals surface area contributed by atoms with Crippen molar-refractivity contribution in [3.8, 4) is 10.4 Å². The van der Waals surface area contributed by atoms with Gasteiger partial charge in [0.25, 0.3) is 0 Å². The molecule has 0 radical (unpaired) electrons. The van der Waals surface area contributed by atoms with Crippen LogP contribution in [0.25, 0.3) is 10.4 Å². The van der Waals surface area contributed by atoms with Gasteiger partial charge in [-0.3, -0.25) is 0 Å². The Labute approximate surface area is 88.2 Å². The lowest BCUT2D eigenvalue weighted by Crippen LogP contribution is -1.90. The van der Waals surface area contributed by atoms with E-state index in [0.29, 0.717) is 6.54 Å². The van der Waals surface area contributed by atoms with Crippen molar-refractivity contribution in [1.29, 1.82) is 0 Å². The van der Waals surface area contributed by atoms with E-state index in [1.165, 1.54) is 20.9 Å². The van der Waals surface area contributed by atoms with E-state index in [1.807, 2.05) is 0 Å². The van der Waals surface area contributed by atoms with Crippen LogP contribution in [0.3, 0.4) is 0 Å². The second-order valence-electron chi connectivity index (χ2n) is 3.34. The Hall–Kier alpha value is -1.12. The van der Waals surface area contributed by atoms with Crippen LogP contribution in [0.4, 0.5) is 0 Å². The van der Waals surface area contributed by atoms with Gasteiger partial charge in [0.2, 0.25) is 0 Å². The highest BCUT2D eigenvalue weighted by Gasteiger charge is 2.00. The van der Waals surface area contributed by atoms with Gasteiger partial charge in [0, 0.05) is 16.3 Å². The second-order valence-corrected chi connectivity index (χ2v) is 4.50. The van der Waals surface area contributed by atoms with E-state index in [4.69, 9.17) is 5.73 Å². The third-order valence-electron chi connectivity index (χ3n) is 2.20. The lowest BCUT2D eigenvalue weighted by atomic mass is 10.1. The van der Waals surface area contributed by atoms with Crippen molar-refractivity contribution in [3.63, 3.8) is 0 Å². The van der Waals surface area contributed by atoms with Crippen molar-refractivity contribution in [3.05, 3.63) is 46.8 Å². The highest BCUT2D eigenvalue weighted by molar-refractivity contribution is 7.15. The predicted octanol–water partition coefficient (Wildman–Crippen LogP) is 3.18. The first-order valence-electron chi connectivity index (χ1n) is 4.65. The molecule has 2 N–H and O–H groups in total. The summed E-state index contributed by atoms with van der Waals surface area (Å²) in [5, 5.41) is 0. The summed E-state index contributed by atoms with van der Waals surface area (Å²) >= 11 is 1.77. The van der Waals surface area contributed by atoms with Crippen molar-refractivity contribution >= 4 is 11.3 Å². The Balaban J connectivity index is 2.34. The van der Waals surface area contributed by atoms with E-state index in [2.05, 4.69) is 43.3 Å². The fourth-order valence-corrected chi connectivity index (χ4v) is 2.25. The molecule has 2 rings (SSSR count). The van der Waals surface area contributed by atoms with Gasteiger partial charge in [0.15, 0.2) is 0 Å². The standard InChI is InChI=1S/C12H13NS/c1-9-2-4-10(5-3-9)12-7-6-11(8-13)14-12/h2-7H,8,13H2,1H3. The number of hydrogen-bond donors (Lipinski definition) is 1. The molecule has 0 aliphatic heterocycles. The molecular weight excluding hydrogens is 190 g/mol. The molecule has 0 amide bonds. The summed E-state index contributed by atoms with van der Waals surface area (Å²) in [6.07, 6.45) is 0. The summed E-state index contributed by atoms with van der Waals surface area (Å²) in [5.41, 5.74) is 8.15. The molecule has 2 heteroatoms. The molecule has 0 fully saturated rings. The van der Waals surface area contributed by atoms with Crippen LogP contribution in [-0.2, 0) is 6.54 Å². The maximum Gasteiger partial charge on any atom is 0.0346 e. The fraction of sp³-hybridized carbons (Fsp3) is 0.167. The predicted molar refractivity (Wildman–Crippen MR) is 62.4 cm³/mol. The van der Waals surface area contributed by atoms with E-state index in [9.17, 15) is 0 Å². The SMILES string of the molecule is Cc1ccc(-c2ccc(CN)s2)cc1. The summed E-state index contributed by atoms with van der Waals surface area (Å²) in [4.78, 5) is 2.53. The molecule has 14 heavy (non-hydrogen) atoms. The Morgan fingerprint density at radius 3 is 2.36 bits per heavy atom. The first kappa shape index (κ1) is 9.44. The Bertz CT molecular complexity index is 414. The molecule has 1 aromatic heterocycles. The third-order valence-corrected chi connectivity index (χ3v) is 3.36. The van der Waals surface area contributed by atoms with Gasteiger partial charge in [0.1, 0.15) is 0 Å². The monoisotopic (exact) mass is 203 g/mol. The number of benzene rings is 1. The quantitative estimate of drug-likeness (QED) is 0.797. The summed E-state index contributed by atoms with van der Waals surface area (Å²) < 4.78 is 0. The summed E-state index contributed by atoms with van der Waals surface area (Å²) in [6.45, 7) is 2.74. The first-order chi connectivity index (χ1) is 6.79. The van der Waals surface area contributed by atoms with Crippen LogP contribution < -0.4 is 5.73 Å². The molecule has 1 heterocycles. The van der Waals surface area contributed by atoms with Gasteiger partial charge < -0.3 is 5.73 Å². The van der Waals surface area contributed by atoms with Crippen LogP contribution in [-0.4, -0.2) is 0 Å². The molecule has 0 bridgehead atoms. The first-order valence-corrected chi connectivity index (χ1v) is 5.47. The van der Waals surface area contributed by atoms with Crippen LogP contribution in [0.2, 0.25) is 0 Å². The van der Waals surface area contributed by atoms with Gasteiger partial charge in [-0.05, 0) is 24.6 Å². The van der Waals surface area contributed by atoms with E-state index >= 15 is 0 Å². The largest absolute Gasteiger partial charge is 0.326 e. The van der Waals surface area contributed by atoms with E-state index in [0.717, 1.165) is 0 Å². The Kier molecular flexibility index (Phi) is 2.66. The highest BCUT2D eigenvalue weighted by atomic mass is 32.1. The normalized spacial score (nSPS) is 10.4. The van der Waals surface area contributed by atoms with Gasteiger partial charge in [-0.1, -0.05) is 29.8 Å². The van der Waals surface area contributed by atoms with Crippen LogP contribution >= 0.6 is 11.3 Å². The molecule has 0 unspecified atom stereocenters. The number of rotatable bonds is 2. The van der Waals surface area contributed by atoms with E-state index in [-0.39, 0.29) is 0 Å². The smallest absolute Gasteiger partial charge is 0.0346 e. The van der Waals surface area contributed by atoms with Crippen LogP contribution in [0, 0.1) is 6.92 Å². The molecule has 0 aliphatic rings.